The molecule has 1 fully saturated rings. The van der Waals surface area contributed by atoms with Crippen molar-refractivity contribution >= 4 is 0 Å². The van der Waals surface area contributed by atoms with Gasteiger partial charge in [0.25, 0.3) is 0 Å². The van der Waals surface area contributed by atoms with Gasteiger partial charge in [0.05, 0.1) is 0 Å². The first kappa shape index (κ1) is 8.69. The second-order valence-corrected chi connectivity index (χ2v) is 3.94. The first-order valence-corrected chi connectivity index (χ1v) is 4.85. The normalized spacial score (nSPS) is 24.4. The Balaban J connectivity index is 1.99. The zero-order valence-electron chi connectivity index (χ0n) is 8.22. The van der Waals surface area contributed by atoms with E-state index in [1.54, 1.807) is 0 Å². The van der Waals surface area contributed by atoms with Gasteiger partial charge in [0.2, 0.25) is 0 Å². The minimum absolute atomic E-state index is 0.581. The monoisotopic (exact) mass is 180 g/mol. The third kappa shape index (κ3) is 1.72. The van der Waals surface area contributed by atoms with Crippen LogP contribution in [0.15, 0.2) is 12.7 Å². The third-order valence-electron chi connectivity index (χ3n) is 2.78. The Morgan fingerprint density at radius 3 is 2.54 bits per heavy atom. The minimum atomic E-state index is 0.581. The van der Waals surface area contributed by atoms with Crippen molar-refractivity contribution in [2.45, 2.75) is 32.4 Å². The summed E-state index contributed by atoms with van der Waals surface area (Å²) in [4.78, 5) is 2.49. The van der Waals surface area contributed by atoms with Crippen LogP contribution in [-0.2, 0) is 0 Å². The highest BCUT2D eigenvalue weighted by Gasteiger charge is 2.24. The largest absolute Gasteiger partial charge is 0.316 e. The third-order valence-corrected chi connectivity index (χ3v) is 2.78. The summed E-state index contributed by atoms with van der Waals surface area (Å²) >= 11 is 0. The van der Waals surface area contributed by atoms with Gasteiger partial charge in [-0.3, -0.25) is 4.90 Å². The van der Waals surface area contributed by atoms with E-state index in [0.29, 0.717) is 12.1 Å². The van der Waals surface area contributed by atoms with Gasteiger partial charge in [0, 0.05) is 25.2 Å². The molecule has 4 heteroatoms. The van der Waals surface area contributed by atoms with E-state index in [0.717, 1.165) is 6.54 Å². The highest BCUT2D eigenvalue weighted by atomic mass is 15.3. The van der Waals surface area contributed by atoms with Gasteiger partial charge in [-0.15, -0.1) is 10.2 Å². The Bertz CT molecular complexity index is 255. The molecule has 0 saturated carbocycles. The lowest BCUT2D eigenvalue weighted by Gasteiger charge is -2.20. The van der Waals surface area contributed by atoms with Crippen molar-refractivity contribution in [2.75, 3.05) is 13.1 Å². The number of likely N-dealkylation sites (tertiary alicyclic amines) is 1. The second-order valence-electron chi connectivity index (χ2n) is 3.94. The summed E-state index contributed by atoms with van der Waals surface area (Å²) in [5.74, 6) is 0. The smallest absolute Gasteiger partial charge is 0.119 e. The van der Waals surface area contributed by atoms with Gasteiger partial charge in [-0.05, 0) is 20.3 Å². The van der Waals surface area contributed by atoms with Crippen molar-refractivity contribution in [1.29, 1.82) is 0 Å². The summed E-state index contributed by atoms with van der Waals surface area (Å²) in [7, 11) is 0. The molecule has 13 heavy (non-hydrogen) atoms. The predicted molar refractivity (Wildman–Crippen MR) is 50.4 cm³/mol. The SMILES string of the molecule is CC(C)N1CC[C@H](n2cnnc2)C1. The number of aromatic nitrogens is 3. The molecule has 0 aromatic carbocycles. The Morgan fingerprint density at radius 2 is 2.00 bits per heavy atom. The Hall–Kier alpha value is -0.900. The van der Waals surface area contributed by atoms with Crippen LogP contribution in [0.1, 0.15) is 26.3 Å². The van der Waals surface area contributed by atoms with Crippen molar-refractivity contribution in [1.82, 2.24) is 19.7 Å². The first-order valence-electron chi connectivity index (χ1n) is 4.85. The van der Waals surface area contributed by atoms with Crippen LogP contribution >= 0.6 is 0 Å². The summed E-state index contributed by atoms with van der Waals surface area (Å²) in [6, 6.07) is 1.24. The fraction of sp³-hybridized carbons (Fsp3) is 0.778. The van der Waals surface area contributed by atoms with Crippen LogP contribution < -0.4 is 0 Å². The van der Waals surface area contributed by atoms with Crippen molar-refractivity contribution < 1.29 is 0 Å². The second kappa shape index (κ2) is 3.46. The minimum Gasteiger partial charge on any atom is -0.316 e. The molecule has 2 rings (SSSR count). The van der Waals surface area contributed by atoms with E-state index in [1.807, 2.05) is 12.7 Å². The van der Waals surface area contributed by atoms with Crippen LogP contribution in [0.5, 0.6) is 0 Å². The molecule has 0 bridgehead atoms. The Kier molecular flexibility index (Phi) is 2.31. The fourth-order valence-electron chi connectivity index (χ4n) is 1.88. The van der Waals surface area contributed by atoms with Crippen LogP contribution in [0.2, 0.25) is 0 Å². The molecule has 4 nitrogen and oxygen atoms in total. The maximum absolute atomic E-state index is 3.83. The zero-order valence-corrected chi connectivity index (χ0v) is 8.22. The van der Waals surface area contributed by atoms with Crippen LogP contribution in [0.25, 0.3) is 0 Å². The number of hydrogen-bond donors (Lipinski definition) is 0. The predicted octanol–water partition coefficient (Wildman–Crippen LogP) is 0.933. The number of hydrogen-bond acceptors (Lipinski definition) is 3. The molecule has 1 aromatic heterocycles. The molecule has 72 valence electrons. The van der Waals surface area contributed by atoms with Gasteiger partial charge in [-0.25, -0.2) is 0 Å². The molecule has 2 heterocycles. The van der Waals surface area contributed by atoms with E-state index in [4.69, 9.17) is 0 Å². The summed E-state index contributed by atoms with van der Waals surface area (Å²) in [6.07, 6.45) is 4.85. The molecular weight excluding hydrogens is 164 g/mol. The molecule has 1 saturated heterocycles. The Labute approximate surface area is 78.6 Å². The quantitative estimate of drug-likeness (QED) is 0.679. The van der Waals surface area contributed by atoms with Gasteiger partial charge < -0.3 is 4.57 Å². The van der Waals surface area contributed by atoms with E-state index in [2.05, 4.69) is 33.5 Å². The summed E-state index contributed by atoms with van der Waals surface area (Å²) in [5, 5.41) is 7.66. The zero-order chi connectivity index (χ0) is 9.26. The average Bonchev–Trinajstić information content (AvgIpc) is 2.75. The van der Waals surface area contributed by atoms with Crippen molar-refractivity contribution in [2.24, 2.45) is 0 Å². The lowest BCUT2D eigenvalue weighted by atomic mass is 10.3. The lowest BCUT2D eigenvalue weighted by Crippen LogP contribution is -2.28. The highest BCUT2D eigenvalue weighted by Crippen LogP contribution is 2.22. The van der Waals surface area contributed by atoms with Crippen molar-refractivity contribution in [3.8, 4) is 0 Å². The molecule has 0 unspecified atom stereocenters. The van der Waals surface area contributed by atoms with E-state index in [1.165, 1.54) is 13.0 Å². The van der Waals surface area contributed by atoms with Crippen LogP contribution in [0, 0.1) is 0 Å². The molecule has 0 spiro atoms. The van der Waals surface area contributed by atoms with Crippen molar-refractivity contribution in [3.05, 3.63) is 12.7 Å². The van der Waals surface area contributed by atoms with Crippen LogP contribution in [0.3, 0.4) is 0 Å². The molecule has 1 atom stereocenters. The molecule has 0 amide bonds. The molecule has 0 aliphatic carbocycles. The maximum Gasteiger partial charge on any atom is 0.119 e. The topological polar surface area (TPSA) is 34.0 Å². The molecule has 1 aromatic rings. The van der Waals surface area contributed by atoms with E-state index in [9.17, 15) is 0 Å². The summed E-state index contributed by atoms with van der Waals surface area (Å²) in [6.45, 7) is 6.82. The molecule has 1 aliphatic heterocycles. The van der Waals surface area contributed by atoms with Crippen molar-refractivity contribution in [3.63, 3.8) is 0 Å². The Morgan fingerprint density at radius 1 is 1.31 bits per heavy atom. The number of rotatable bonds is 2. The fourth-order valence-corrected chi connectivity index (χ4v) is 1.88. The molecular formula is C9H16N4. The molecule has 0 radical (unpaired) electrons. The van der Waals surface area contributed by atoms with E-state index < -0.39 is 0 Å². The van der Waals surface area contributed by atoms with Gasteiger partial charge in [0.1, 0.15) is 12.7 Å². The highest BCUT2D eigenvalue weighted by molar-refractivity contribution is 4.83. The van der Waals surface area contributed by atoms with Crippen LogP contribution in [0.4, 0.5) is 0 Å². The van der Waals surface area contributed by atoms with Gasteiger partial charge >= 0.3 is 0 Å². The summed E-state index contributed by atoms with van der Waals surface area (Å²) < 4.78 is 2.11. The van der Waals surface area contributed by atoms with Crippen LogP contribution in [-0.4, -0.2) is 38.8 Å². The standard InChI is InChI=1S/C9H16N4/c1-8(2)12-4-3-9(5-12)13-6-10-11-7-13/h6-9H,3-5H2,1-2H3/t9-/m0/s1. The summed E-state index contributed by atoms with van der Waals surface area (Å²) in [5.41, 5.74) is 0. The molecule has 1 aliphatic rings. The lowest BCUT2D eigenvalue weighted by molar-refractivity contribution is 0.265. The molecule has 0 N–H and O–H groups in total. The number of nitrogens with zero attached hydrogens (tertiary/aromatic N) is 4. The van der Waals surface area contributed by atoms with Gasteiger partial charge in [-0.1, -0.05) is 0 Å². The maximum atomic E-state index is 3.83. The average molecular weight is 180 g/mol. The van der Waals surface area contributed by atoms with Gasteiger partial charge in [0.15, 0.2) is 0 Å². The van der Waals surface area contributed by atoms with E-state index in [-0.39, 0.29) is 0 Å². The van der Waals surface area contributed by atoms with E-state index >= 15 is 0 Å². The van der Waals surface area contributed by atoms with Gasteiger partial charge in [-0.2, -0.15) is 0 Å². The first-order chi connectivity index (χ1) is 6.27.